The first-order valence-corrected chi connectivity index (χ1v) is 22.3. The van der Waals surface area contributed by atoms with Crippen LogP contribution in [0.1, 0.15) is 0 Å². The van der Waals surface area contributed by atoms with Crippen molar-refractivity contribution in [3.63, 3.8) is 0 Å². The van der Waals surface area contributed by atoms with Crippen molar-refractivity contribution in [2.45, 2.75) is 0 Å². The van der Waals surface area contributed by atoms with Crippen molar-refractivity contribution in [1.82, 2.24) is 4.57 Å². The maximum Gasteiger partial charge on any atom is 0.0562 e. The topological polar surface area (TPSA) is 8.17 Å². The van der Waals surface area contributed by atoms with E-state index in [1.807, 2.05) is 11.3 Å². The average Bonchev–Trinajstić information content (AvgIpc) is 3.92. The lowest BCUT2D eigenvalue weighted by molar-refractivity contribution is 1.18. The zero-order valence-corrected chi connectivity index (χ0v) is 35.2. The number of fused-ring (bicyclic) bond motifs is 6. The van der Waals surface area contributed by atoms with Crippen LogP contribution in [-0.4, -0.2) is 4.57 Å². The molecule has 0 fully saturated rings. The minimum atomic E-state index is 1.08. The molecule has 0 spiro atoms. The summed E-state index contributed by atoms with van der Waals surface area (Å²) in [6.07, 6.45) is 0. The maximum absolute atomic E-state index is 2.50. The van der Waals surface area contributed by atoms with Gasteiger partial charge in [0.1, 0.15) is 0 Å². The van der Waals surface area contributed by atoms with Crippen molar-refractivity contribution in [2.24, 2.45) is 0 Å². The molecule has 0 radical (unpaired) electrons. The highest BCUT2D eigenvalue weighted by Crippen LogP contribution is 2.49. The molecule has 0 aliphatic heterocycles. The van der Waals surface area contributed by atoms with Crippen LogP contribution in [0.25, 0.3) is 92.2 Å². The summed E-state index contributed by atoms with van der Waals surface area (Å²) in [6, 6.07) is 88.4. The largest absolute Gasteiger partial charge is 0.309 e. The summed E-state index contributed by atoms with van der Waals surface area (Å²) in [5.74, 6) is 0. The maximum atomic E-state index is 2.50. The molecular weight excluding hydrogens is 781 g/mol. The van der Waals surface area contributed by atoms with Gasteiger partial charge in [0, 0.05) is 53.4 Å². The Hall–Kier alpha value is -7.98. The molecule has 12 aromatic rings. The smallest absolute Gasteiger partial charge is 0.0562 e. The zero-order valence-electron chi connectivity index (χ0n) is 34.4. The summed E-state index contributed by atoms with van der Waals surface area (Å²) in [4.78, 5) is 2.50. The van der Waals surface area contributed by atoms with Crippen molar-refractivity contribution in [3.8, 4) is 50.2 Å². The van der Waals surface area contributed by atoms with Gasteiger partial charge in [-0.15, -0.1) is 11.3 Å². The van der Waals surface area contributed by atoms with Crippen molar-refractivity contribution in [2.75, 3.05) is 4.90 Å². The molecule has 3 heteroatoms. The van der Waals surface area contributed by atoms with Crippen molar-refractivity contribution in [1.29, 1.82) is 0 Å². The Kier molecular flexibility index (Phi) is 9.06. The highest BCUT2D eigenvalue weighted by Gasteiger charge is 2.25. The van der Waals surface area contributed by atoms with Crippen molar-refractivity contribution >= 4 is 70.4 Å². The van der Waals surface area contributed by atoms with E-state index >= 15 is 0 Å². The SMILES string of the molecule is c1ccc(-c2ccc(-c3ccccc3N(c3ccc(-c4cccc5c4sc4ccccc45)c(-c4ccccc4)c3)c3cccc4c3c3ccccc3n4-c3ccccc3)cc2)cc1. The molecule has 0 N–H and O–H groups in total. The van der Waals surface area contributed by atoms with Crippen LogP contribution >= 0.6 is 11.3 Å². The van der Waals surface area contributed by atoms with Gasteiger partial charge in [0.25, 0.3) is 0 Å². The fourth-order valence-corrected chi connectivity index (χ4v) is 10.8. The van der Waals surface area contributed by atoms with Gasteiger partial charge in [-0.25, -0.2) is 0 Å². The number of nitrogens with zero attached hydrogens (tertiary/aromatic N) is 2. The van der Waals surface area contributed by atoms with E-state index in [0.29, 0.717) is 0 Å². The molecule has 2 nitrogen and oxygen atoms in total. The second-order valence-electron chi connectivity index (χ2n) is 16.0. The summed E-state index contributed by atoms with van der Waals surface area (Å²) < 4.78 is 5.02. The third-order valence-corrected chi connectivity index (χ3v) is 13.6. The van der Waals surface area contributed by atoms with E-state index in [1.54, 1.807) is 0 Å². The van der Waals surface area contributed by atoms with E-state index in [2.05, 4.69) is 252 Å². The van der Waals surface area contributed by atoms with Gasteiger partial charge >= 0.3 is 0 Å². The molecule has 0 aliphatic rings. The second-order valence-corrected chi connectivity index (χ2v) is 17.1. The molecule has 0 bridgehead atoms. The van der Waals surface area contributed by atoms with Crippen LogP contribution < -0.4 is 4.90 Å². The number of hydrogen-bond donors (Lipinski definition) is 0. The van der Waals surface area contributed by atoms with E-state index < -0.39 is 0 Å². The highest BCUT2D eigenvalue weighted by molar-refractivity contribution is 7.26. The third-order valence-electron chi connectivity index (χ3n) is 12.4. The number of rotatable bonds is 8. The monoisotopic (exact) mass is 820 g/mol. The predicted octanol–water partition coefficient (Wildman–Crippen LogP) is 17.3. The molecule has 0 atom stereocenters. The van der Waals surface area contributed by atoms with Crippen LogP contribution in [0.2, 0.25) is 0 Å². The quantitative estimate of drug-likeness (QED) is 0.148. The lowest BCUT2D eigenvalue weighted by atomic mass is 9.92. The van der Waals surface area contributed by atoms with Crippen molar-refractivity contribution < 1.29 is 0 Å². The fourth-order valence-electron chi connectivity index (χ4n) is 9.56. The fraction of sp³-hybridized carbons (Fsp3) is 0. The van der Waals surface area contributed by atoms with Gasteiger partial charge in [-0.2, -0.15) is 0 Å². The molecule has 296 valence electrons. The molecule has 0 amide bonds. The minimum Gasteiger partial charge on any atom is -0.309 e. The first kappa shape index (κ1) is 36.8. The number of hydrogen-bond acceptors (Lipinski definition) is 2. The average molecular weight is 821 g/mol. The third kappa shape index (κ3) is 6.33. The van der Waals surface area contributed by atoms with Gasteiger partial charge in [0.15, 0.2) is 0 Å². The molecule has 0 saturated carbocycles. The lowest BCUT2D eigenvalue weighted by Crippen LogP contribution is -2.12. The lowest BCUT2D eigenvalue weighted by Gasteiger charge is -2.30. The van der Waals surface area contributed by atoms with E-state index in [4.69, 9.17) is 0 Å². The van der Waals surface area contributed by atoms with E-state index in [0.717, 1.165) is 39.4 Å². The van der Waals surface area contributed by atoms with Gasteiger partial charge in [-0.3, -0.25) is 0 Å². The summed E-state index contributed by atoms with van der Waals surface area (Å²) in [5.41, 5.74) is 16.3. The Morgan fingerprint density at radius 3 is 1.70 bits per heavy atom. The summed E-state index contributed by atoms with van der Waals surface area (Å²) in [7, 11) is 0. The summed E-state index contributed by atoms with van der Waals surface area (Å²) in [5, 5.41) is 5.01. The number of para-hydroxylation sites is 3. The molecule has 0 saturated heterocycles. The first-order valence-electron chi connectivity index (χ1n) is 21.5. The molecule has 10 aromatic carbocycles. The molecular formula is C60H40N2S. The Labute approximate surface area is 370 Å². The normalized spacial score (nSPS) is 11.5. The van der Waals surface area contributed by atoms with E-state index in [9.17, 15) is 0 Å². The Morgan fingerprint density at radius 2 is 0.889 bits per heavy atom. The van der Waals surface area contributed by atoms with Crippen LogP contribution in [-0.2, 0) is 0 Å². The Morgan fingerprint density at radius 1 is 0.333 bits per heavy atom. The molecule has 63 heavy (non-hydrogen) atoms. The number of anilines is 3. The molecule has 2 aromatic heterocycles. The number of thiophene rings is 1. The molecule has 0 aliphatic carbocycles. The summed E-state index contributed by atoms with van der Waals surface area (Å²) >= 11 is 1.88. The summed E-state index contributed by atoms with van der Waals surface area (Å²) in [6.45, 7) is 0. The van der Waals surface area contributed by atoms with E-state index in [1.165, 1.54) is 69.8 Å². The van der Waals surface area contributed by atoms with Crippen molar-refractivity contribution in [3.05, 3.63) is 243 Å². The van der Waals surface area contributed by atoms with Gasteiger partial charge in [-0.1, -0.05) is 188 Å². The second kappa shape index (κ2) is 15.5. The number of benzene rings is 10. The van der Waals surface area contributed by atoms with Gasteiger partial charge < -0.3 is 9.47 Å². The standard InChI is InChI=1S/C60H40N2S/c1-4-18-41(19-5-1)42-34-36-44(37-35-42)47-24-10-13-29-54(47)62(57-32-17-31-56-59(57)52-26-11-14-30-55(52)61(56)45-22-8-3-9-23-45)46-38-39-48(53(40-46)43-20-6-2-7-21-43)50-27-16-28-51-49-25-12-15-33-58(49)63-60(50)51/h1-40H. The predicted molar refractivity (Wildman–Crippen MR) is 270 cm³/mol. The van der Waals surface area contributed by atoms with Crippen LogP contribution in [0.5, 0.6) is 0 Å². The molecule has 12 rings (SSSR count). The zero-order chi connectivity index (χ0) is 41.7. The minimum absolute atomic E-state index is 1.08. The Bertz CT molecular complexity index is 3600. The van der Waals surface area contributed by atoms with Crippen LogP contribution in [0.3, 0.4) is 0 Å². The number of aromatic nitrogens is 1. The van der Waals surface area contributed by atoms with Gasteiger partial charge in [-0.05, 0) is 88.0 Å². The Balaban J connectivity index is 1.13. The van der Waals surface area contributed by atoms with Gasteiger partial charge in [0.05, 0.1) is 22.4 Å². The highest BCUT2D eigenvalue weighted by atomic mass is 32.1. The van der Waals surface area contributed by atoms with E-state index in [-0.39, 0.29) is 0 Å². The molecule has 2 heterocycles. The van der Waals surface area contributed by atoms with Crippen LogP contribution in [0.4, 0.5) is 17.1 Å². The molecule has 0 unspecified atom stereocenters. The van der Waals surface area contributed by atoms with Gasteiger partial charge in [0.2, 0.25) is 0 Å². The van der Waals surface area contributed by atoms with Crippen LogP contribution in [0, 0.1) is 0 Å². The first-order chi connectivity index (χ1) is 31.3. The van der Waals surface area contributed by atoms with Crippen LogP contribution in [0.15, 0.2) is 243 Å².